The molecular weight excluding hydrogens is 134 g/mol. The zero-order chi connectivity index (χ0) is 8.43. The number of aromatic nitrogens is 1. The van der Waals surface area contributed by atoms with Crippen LogP contribution in [0.15, 0.2) is 18.2 Å². The minimum atomic E-state index is 0.963. The van der Waals surface area contributed by atoms with Crippen LogP contribution in [0.4, 0.5) is 0 Å². The molecule has 0 aliphatic carbocycles. The number of H-pyrrole nitrogens is 1. The van der Waals surface area contributed by atoms with E-state index in [9.17, 15) is 0 Å². The van der Waals surface area contributed by atoms with Crippen LogP contribution in [0.2, 0.25) is 0 Å². The molecule has 0 unspecified atom stereocenters. The molecule has 1 N–H and O–H groups in total. The molecule has 0 atom stereocenters. The Morgan fingerprint density at radius 3 is 2.64 bits per heavy atom. The summed E-state index contributed by atoms with van der Waals surface area (Å²) < 4.78 is 0. The first-order chi connectivity index (χ1) is 5.09. The van der Waals surface area contributed by atoms with E-state index in [1.807, 2.05) is 19.9 Å². The standard InChI is InChI=1S/C10H13N/c1-7(2)5-10-6-8(3)11-9(10)4/h5-6,11H,1,4H2,2-3H3/b10-5-. The SMILES string of the molecule is C=C(C)/C=c1/cc(C)[nH]c1=C. The number of rotatable bonds is 1. The average molecular weight is 147 g/mol. The van der Waals surface area contributed by atoms with Crippen LogP contribution in [0.25, 0.3) is 12.7 Å². The van der Waals surface area contributed by atoms with Gasteiger partial charge in [-0.05, 0) is 25.1 Å². The van der Waals surface area contributed by atoms with E-state index in [1.54, 1.807) is 0 Å². The number of allylic oxidation sites excluding steroid dienone is 1. The summed E-state index contributed by atoms with van der Waals surface area (Å²) in [5.74, 6) is 0. The molecule has 1 heteroatoms. The van der Waals surface area contributed by atoms with E-state index in [-0.39, 0.29) is 0 Å². The smallest absolute Gasteiger partial charge is 0.0383 e. The average Bonchev–Trinajstić information content (AvgIpc) is 2.09. The van der Waals surface area contributed by atoms with Crippen molar-refractivity contribution in [3.8, 4) is 0 Å². The van der Waals surface area contributed by atoms with E-state index >= 15 is 0 Å². The summed E-state index contributed by atoms with van der Waals surface area (Å²) in [7, 11) is 0. The first kappa shape index (κ1) is 7.86. The summed E-state index contributed by atoms with van der Waals surface area (Å²) in [6.45, 7) is 11.7. The fourth-order valence-corrected chi connectivity index (χ4v) is 1.06. The lowest BCUT2D eigenvalue weighted by atomic mass is 10.3. The van der Waals surface area contributed by atoms with Crippen molar-refractivity contribution < 1.29 is 0 Å². The molecule has 0 spiro atoms. The number of hydrogen-bond acceptors (Lipinski definition) is 0. The van der Waals surface area contributed by atoms with Gasteiger partial charge in [-0.1, -0.05) is 24.8 Å². The molecule has 11 heavy (non-hydrogen) atoms. The molecule has 0 fully saturated rings. The highest BCUT2D eigenvalue weighted by atomic mass is 14.7. The predicted molar refractivity (Wildman–Crippen MR) is 49.6 cm³/mol. The Kier molecular flexibility index (Phi) is 1.99. The summed E-state index contributed by atoms with van der Waals surface area (Å²) in [6.07, 6.45) is 2.02. The predicted octanol–water partition coefficient (Wildman–Crippen LogP) is 1.09. The maximum atomic E-state index is 3.87. The van der Waals surface area contributed by atoms with Crippen molar-refractivity contribution in [1.82, 2.24) is 4.98 Å². The van der Waals surface area contributed by atoms with Crippen molar-refractivity contribution in [1.29, 1.82) is 0 Å². The summed E-state index contributed by atoms with van der Waals surface area (Å²) in [5, 5.41) is 2.10. The van der Waals surface area contributed by atoms with Gasteiger partial charge in [-0.15, -0.1) is 0 Å². The fraction of sp³-hybridized carbons (Fsp3) is 0.200. The summed E-state index contributed by atoms with van der Waals surface area (Å²) >= 11 is 0. The second kappa shape index (κ2) is 2.79. The van der Waals surface area contributed by atoms with Crippen molar-refractivity contribution in [2.45, 2.75) is 13.8 Å². The molecule has 0 amide bonds. The molecule has 1 heterocycles. The maximum Gasteiger partial charge on any atom is 0.0383 e. The second-order valence-corrected chi connectivity index (χ2v) is 2.88. The highest BCUT2D eigenvalue weighted by Gasteiger charge is 1.87. The highest BCUT2D eigenvalue weighted by Crippen LogP contribution is 1.86. The van der Waals surface area contributed by atoms with Gasteiger partial charge in [0.1, 0.15) is 0 Å². The van der Waals surface area contributed by atoms with Gasteiger partial charge in [0, 0.05) is 11.0 Å². The van der Waals surface area contributed by atoms with Crippen molar-refractivity contribution in [2.24, 2.45) is 0 Å². The van der Waals surface area contributed by atoms with Gasteiger partial charge in [0.2, 0.25) is 0 Å². The quantitative estimate of drug-likeness (QED) is 0.612. The largest absolute Gasteiger partial charge is 0.359 e. The second-order valence-electron chi connectivity index (χ2n) is 2.88. The van der Waals surface area contributed by atoms with Gasteiger partial charge in [-0.25, -0.2) is 0 Å². The Balaban J connectivity index is 3.35. The minimum Gasteiger partial charge on any atom is -0.359 e. The van der Waals surface area contributed by atoms with Gasteiger partial charge >= 0.3 is 0 Å². The summed E-state index contributed by atoms with van der Waals surface area (Å²) in [4.78, 5) is 3.13. The molecule has 1 rings (SSSR count). The van der Waals surface area contributed by atoms with Crippen LogP contribution in [0.5, 0.6) is 0 Å². The molecule has 0 aliphatic heterocycles. The van der Waals surface area contributed by atoms with Crippen molar-refractivity contribution in [3.05, 3.63) is 34.5 Å². The highest BCUT2D eigenvalue weighted by molar-refractivity contribution is 5.43. The lowest BCUT2D eigenvalue weighted by molar-refractivity contribution is 1.22. The molecule has 0 bridgehead atoms. The minimum absolute atomic E-state index is 0.963. The van der Waals surface area contributed by atoms with Gasteiger partial charge in [0.25, 0.3) is 0 Å². The third-order valence-corrected chi connectivity index (χ3v) is 1.47. The van der Waals surface area contributed by atoms with Crippen LogP contribution in [0, 0.1) is 6.92 Å². The first-order valence-corrected chi connectivity index (χ1v) is 3.61. The number of hydrogen-bond donors (Lipinski definition) is 1. The summed E-state index contributed by atoms with van der Waals surface area (Å²) in [5.41, 5.74) is 2.19. The normalized spacial score (nSPS) is 12.0. The molecule has 1 aromatic rings. The van der Waals surface area contributed by atoms with Gasteiger partial charge in [-0.2, -0.15) is 0 Å². The van der Waals surface area contributed by atoms with Crippen LogP contribution in [0.3, 0.4) is 0 Å². The maximum absolute atomic E-state index is 3.87. The van der Waals surface area contributed by atoms with Crippen molar-refractivity contribution in [2.75, 3.05) is 0 Å². The van der Waals surface area contributed by atoms with Gasteiger partial charge in [-0.3, -0.25) is 0 Å². The Bertz CT molecular complexity index is 368. The number of aromatic amines is 1. The topological polar surface area (TPSA) is 15.8 Å². The van der Waals surface area contributed by atoms with Gasteiger partial charge in [0.15, 0.2) is 0 Å². The fourth-order valence-electron chi connectivity index (χ4n) is 1.06. The van der Waals surface area contributed by atoms with Crippen molar-refractivity contribution >= 4 is 12.7 Å². The van der Waals surface area contributed by atoms with E-state index in [4.69, 9.17) is 0 Å². The number of nitrogens with one attached hydrogen (secondary N) is 1. The summed E-state index contributed by atoms with van der Waals surface area (Å²) in [6, 6.07) is 2.07. The van der Waals surface area contributed by atoms with Crippen LogP contribution in [-0.2, 0) is 0 Å². The van der Waals surface area contributed by atoms with E-state index < -0.39 is 0 Å². The third kappa shape index (κ3) is 1.84. The zero-order valence-corrected chi connectivity index (χ0v) is 7.07. The van der Waals surface area contributed by atoms with E-state index in [2.05, 4.69) is 24.2 Å². The van der Waals surface area contributed by atoms with E-state index in [1.165, 1.54) is 0 Å². The van der Waals surface area contributed by atoms with E-state index in [0.717, 1.165) is 21.8 Å². The molecule has 0 aliphatic rings. The van der Waals surface area contributed by atoms with Crippen LogP contribution in [0.1, 0.15) is 12.6 Å². The Morgan fingerprint density at radius 1 is 1.64 bits per heavy atom. The zero-order valence-electron chi connectivity index (χ0n) is 7.07. The molecule has 1 aromatic heterocycles. The van der Waals surface area contributed by atoms with Crippen LogP contribution < -0.4 is 10.6 Å². The number of aryl methyl sites for hydroxylation is 1. The first-order valence-electron chi connectivity index (χ1n) is 3.61. The molecule has 0 saturated heterocycles. The molecule has 0 radical (unpaired) electrons. The molecule has 0 aromatic carbocycles. The van der Waals surface area contributed by atoms with Crippen molar-refractivity contribution in [3.63, 3.8) is 0 Å². The molecule has 1 nitrogen and oxygen atoms in total. The Labute approximate surface area is 66.8 Å². The molecule has 58 valence electrons. The van der Waals surface area contributed by atoms with Crippen LogP contribution in [-0.4, -0.2) is 4.98 Å². The third-order valence-electron chi connectivity index (χ3n) is 1.47. The molecule has 0 saturated carbocycles. The Hall–Kier alpha value is -1.24. The van der Waals surface area contributed by atoms with Gasteiger partial charge < -0.3 is 4.98 Å². The van der Waals surface area contributed by atoms with Crippen LogP contribution >= 0.6 is 0 Å². The molecular formula is C10H13N. The Morgan fingerprint density at radius 2 is 2.27 bits per heavy atom. The monoisotopic (exact) mass is 147 g/mol. The lowest BCUT2D eigenvalue weighted by Crippen LogP contribution is -2.19. The van der Waals surface area contributed by atoms with E-state index in [0.29, 0.717) is 0 Å². The van der Waals surface area contributed by atoms with Gasteiger partial charge in [0.05, 0.1) is 0 Å². The lowest BCUT2D eigenvalue weighted by Gasteiger charge is -1.80.